The van der Waals surface area contributed by atoms with Crippen LogP contribution in [0.5, 0.6) is 0 Å². The van der Waals surface area contributed by atoms with E-state index in [9.17, 15) is 4.79 Å². The molecule has 0 aromatic heterocycles. The largest absolute Gasteiger partial charge is 0.370 e. The molecule has 0 spiro atoms. The van der Waals surface area contributed by atoms with E-state index < -0.39 is 0 Å². The SMILES string of the molecule is CCN=C(N)NC(C)C(=O)N(C)C. The molecule has 5 nitrogen and oxygen atoms in total. The second-order valence-corrected chi connectivity index (χ2v) is 2.96. The first-order valence-corrected chi connectivity index (χ1v) is 4.26. The van der Waals surface area contributed by atoms with Crippen molar-refractivity contribution in [2.45, 2.75) is 19.9 Å². The van der Waals surface area contributed by atoms with E-state index in [4.69, 9.17) is 5.73 Å². The normalized spacial score (nSPS) is 13.7. The molecule has 0 fully saturated rings. The van der Waals surface area contributed by atoms with Gasteiger partial charge in [-0.1, -0.05) is 0 Å². The van der Waals surface area contributed by atoms with Crippen LogP contribution in [0.2, 0.25) is 0 Å². The summed E-state index contributed by atoms with van der Waals surface area (Å²) >= 11 is 0. The summed E-state index contributed by atoms with van der Waals surface area (Å²) in [7, 11) is 3.40. The fourth-order valence-electron chi connectivity index (χ4n) is 0.887. The van der Waals surface area contributed by atoms with Crippen LogP contribution in [0.1, 0.15) is 13.8 Å². The minimum absolute atomic E-state index is 0.0192. The van der Waals surface area contributed by atoms with Gasteiger partial charge < -0.3 is 16.0 Å². The Bertz CT molecular complexity index is 200. The molecule has 0 aromatic rings. The molecular weight excluding hydrogens is 168 g/mol. The van der Waals surface area contributed by atoms with Gasteiger partial charge in [0.1, 0.15) is 6.04 Å². The molecule has 0 aliphatic carbocycles. The molecule has 3 N–H and O–H groups in total. The highest BCUT2D eigenvalue weighted by molar-refractivity contribution is 5.87. The van der Waals surface area contributed by atoms with Crippen molar-refractivity contribution in [2.24, 2.45) is 10.7 Å². The molecule has 1 atom stereocenters. The van der Waals surface area contributed by atoms with E-state index >= 15 is 0 Å². The molecule has 0 heterocycles. The minimum Gasteiger partial charge on any atom is -0.370 e. The molecular formula is C8H18N4O. The van der Waals surface area contributed by atoms with Gasteiger partial charge in [-0.2, -0.15) is 0 Å². The highest BCUT2D eigenvalue weighted by Gasteiger charge is 2.14. The number of nitrogens with zero attached hydrogens (tertiary/aromatic N) is 2. The molecule has 0 radical (unpaired) electrons. The summed E-state index contributed by atoms with van der Waals surface area (Å²) < 4.78 is 0. The zero-order valence-electron chi connectivity index (χ0n) is 8.66. The number of likely N-dealkylation sites (N-methyl/N-ethyl adjacent to an activating group) is 1. The highest BCUT2D eigenvalue weighted by Crippen LogP contribution is 1.87. The van der Waals surface area contributed by atoms with Crippen LogP contribution in [-0.4, -0.2) is 43.4 Å². The maximum atomic E-state index is 11.3. The van der Waals surface area contributed by atoms with Crippen LogP contribution in [0.25, 0.3) is 0 Å². The van der Waals surface area contributed by atoms with Crippen molar-refractivity contribution in [1.82, 2.24) is 10.2 Å². The quantitative estimate of drug-likeness (QED) is 0.456. The number of nitrogens with one attached hydrogen (secondary N) is 1. The number of amides is 1. The van der Waals surface area contributed by atoms with Crippen LogP contribution in [-0.2, 0) is 4.79 Å². The Morgan fingerprint density at radius 3 is 2.54 bits per heavy atom. The van der Waals surface area contributed by atoms with E-state index in [1.54, 1.807) is 21.0 Å². The van der Waals surface area contributed by atoms with E-state index in [1.807, 2.05) is 6.92 Å². The van der Waals surface area contributed by atoms with Crippen molar-refractivity contribution in [1.29, 1.82) is 0 Å². The lowest BCUT2D eigenvalue weighted by Gasteiger charge is -2.18. The minimum atomic E-state index is -0.328. The van der Waals surface area contributed by atoms with Gasteiger partial charge in [0.25, 0.3) is 0 Å². The van der Waals surface area contributed by atoms with Gasteiger partial charge in [-0.25, -0.2) is 0 Å². The lowest BCUT2D eigenvalue weighted by atomic mass is 10.3. The van der Waals surface area contributed by atoms with Gasteiger partial charge in [-0.3, -0.25) is 9.79 Å². The number of nitrogens with two attached hydrogens (primary N) is 1. The van der Waals surface area contributed by atoms with Crippen LogP contribution in [0.3, 0.4) is 0 Å². The van der Waals surface area contributed by atoms with Crippen molar-refractivity contribution in [2.75, 3.05) is 20.6 Å². The summed E-state index contributed by atoms with van der Waals surface area (Å²) in [6, 6.07) is -0.328. The van der Waals surface area contributed by atoms with Crippen molar-refractivity contribution >= 4 is 11.9 Å². The van der Waals surface area contributed by atoms with E-state index in [1.165, 1.54) is 4.90 Å². The Balaban J connectivity index is 4.07. The van der Waals surface area contributed by atoms with Crippen molar-refractivity contribution < 1.29 is 4.79 Å². The zero-order valence-corrected chi connectivity index (χ0v) is 8.66. The third-order valence-corrected chi connectivity index (χ3v) is 1.50. The second kappa shape index (κ2) is 5.40. The standard InChI is InChI=1S/C8H18N4O/c1-5-10-8(9)11-6(2)7(13)12(3)4/h6H,5H2,1-4H3,(H3,9,10,11). The molecule has 0 aliphatic rings. The number of aliphatic imine (C=N–C) groups is 1. The fraction of sp³-hybridized carbons (Fsp3) is 0.750. The van der Waals surface area contributed by atoms with Crippen molar-refractivity contribution in [3.05, 3.63) is 0 Å². The third-order valence-electron chi connectivity index (χ3n) is 1.50. The Kier molecular flexibility index (Phi) is 4.87. The second-order valence-electron chi connectivity index (χ2n) is 2.96. The summed E-state index contributed by atoms with van der Waals surface area (Å²) in [6.45, 7) is 4.25. The van der Waals surface area contributed by atoms with E-state index in [0.717, 1.165) is 0 Å². The Hall–Kier alpha value is -1.26. The number of carbonyl (C=O) groups excluding carboxylic acids is 1. The average Bonchev–Trinajstić information content (AvgIpc) is 2.03. The van der Waals surface area contributed by atoms with E-state index in [-0.39, 0.29) is 11.9 Å². The molecule has 0 aliphatic heterocycles. The lowest BCUT2D eigenvalue weighted by molar-refractivity contribution is -0.130. The van der Waals surface area contributed by atoms with Crippen LogP contribution in [0, 0.1) is 0 Å². The summed E-state index contributed by atoms with van der Waals surface area (Å²) in [4.78, 5) is 16.8. The molecule has 13 heavy (non-hydrogen) atoms. The van der Waals surface area contributed by atoms with Crippen LogP contribution in [0.15, 0.2) is 4.99 Å². The lowest BCUT2D eigenvalue weighted by Crippen LogP contribution is -2.47. The van der Waals surface area contributed by atoms with E-state index in [0.29, 0.717) is 12.5 Å². The van der Waals surface area contributed by atoms with Gasteiger partial charge in [0.2, 0.25) is 5.91 Å². The molecule has 1 unspecified atom stereocenters. The first-order valence-electron chi connectivity index (χ1n) is 4.26. The molecule has 0 saturated carbocycles. The topological polar surface area (TPSA) is 70.7 Å². The molecule has 0 bridgehead atoms. The smallest absolute Gasteiger partial charge is 0.244 e. The number of rotatable bonds is 3. The van der Waals surface area contributed by atoms with Gasteiger partial charge >= 0.3 is 0 Å². The number of hydrogen-bond donors (Lipinski definition) is 2. The molecule has 5 heteroatoms. The van der Waals surface area contributed by atoms with E-state index in [2.05, 4.69) is 10.3 Å². The predicted octanol–water partition coefficient (Wildman–Crippen LogP) is -0.613. The summed E-state index contributed by atoms with van der Waals surface area (Å²) in [5, 5.41) is 2.80. The average molecular weight is 186 g/mol. The maximum Gasteiger partial charge on any atom is 0.244 e. The van der Waals surface area contributed by atoms with Gasteiger partial charge in [0, 0.05) is 20.6 Å². The molecule has 0 rings (SSSR count). The van der Waals surface area contributed by atoms with Gasteiger partial charge in [-0.15, -0.1) is 0 Å². The monoisotopic (exact) mass is 186 g/mol. The number of hydrogen-bond acceptors (Lipinski definition) is 2. The van der Waals surface area contributed by atoms with Gasteiger partial charge in [-0.05, 0) is 13.8 Å². The number of guanidine groups is 1. The Labute approximate surface area is 79.0 Å². The summed E-state index contributed by atoms with van der Waals surface area (Å²) in [5.41, 5.74) is 5.49. The van der Waals surface area contributed by atoms with Crippen molar-refractivity contribution in [3.63, 3.8) is 0 Å². The maximum absolute atomic E-state index is 11.3. The van der Waals surface area contributed by atoms with Crippen LogP contribution >= 0.6 is 0 Å². The van der Waals surface area contributed by atoms with Crippen molar-refractivity contribution in [3.8, 4) is 0 Å². The first-order chi connectivity index (χ1) is 5.99. The van der Waals surface area contributed by atoms with Gasteiger partial charge in [0.05, 0.1) is 0 Å². The zero-order chi connectivity index (χ0) is 10.4. The Morgan fingerprint density at radius 1 is 1.62 bits per heavy atom. The molecule has 1 amide bonds. The summed E-state index contributed by atoms with van der Waals surface area (Å²) in [6.07, 6.45) is 0. The predicted molar refractivity (Wildman–Crippen MR) is 53.5 cm³/mol. The Morgan fingerprint density at radius 2 is 2.15 bits per heavy atom. The molecule has 0 saturated heterocycles. The fourth-order valence-corrected chi connectivity index (χ4v) is 0.887. The summed E-state index contributed by atoms with van der Waals surface area (Å²) in [5.74, 6) is 0.291. The van der Waals surface area contributed by atoms with Gasteiger partial charge in [0.15, 0.2) is 5.96 Å². The highest BCUT2D eigenvalue weighted by atomic mass is 16.2. The molecule has 76 valence electrons. The number of carbonyl (C=O) groups is 1. The van der Waals surface area contributed by atoms with Crippen LogP contribution < -0.4 is 11.1 Å². The van der Waals surface area contributed by atoms with Crippen LogP contribution in [0.4, 0.5) is 0 Å². The molecule has 0 aromatic carbocycles. The third kappa shape index (κ3) is 4.35. The first kappa shape index (κ1) is 11.7.